The molecular weight excluding hydrogens is 297 g/mol. The van der Waals surface area contributed by atoms with E-state index in [1.54, 1.807) is 24.3 Å². The summed E-state index contributed by atoms with van der Waals surface area (Å²) in [5.41, 5.74) is 1.41. The van der Waals surface area contributed by atoms with E-state index in [-0.39, 0.29) is 5.69 Å². The van der Waals surface area contributed by atoms with E-state index in [0.717, 1.165) is 10.2 Å². The molecule has 1 N–H and O–H groups in total. The van der Waals surface area contributed by atoms with Crippen LogP contribution in [-0.4, -0.2) is 4.98 Å². The van der Waals surface area contributed by atoms with Gasteiger partial charge in [-0.1, -0.05) is 15.9 Å². The molecule has 0 radical (unpaired) electrons. The van der Waals surface area contributed by atoms with Crippen LogP contribution >= 0.6 is 15.9 Å². The number of aryl methyl sites for hydroxylation is 1. The van der Waals surface area contributed by atoms with Crippen molar-refractivity contribution in [2.45, 2.75) is 6.92 Å². The summed E-state index contributed by atoms with van der Waals surface area (Å²) >= 11 is 3.27. The lowest BCUT2D eigenvalue weighted by Gasteiger charge is -2.09. The highest BCUT2D eigenvalue weighted by Crippen LogP contribution is 2.24. The molecule has 0 aliphatic carbocycles. The van der Waals surface area contributed by atoms with Crippen molar-refractivity contribution in [3.63, 3.8) is 0 Å². The molecule has 0 aliphatic rings. The van der Waals surface area contributed by atoms with Crippen LogP contribution in [0.1, 0.15) is 11.3 Å². The summed E-state index contributed by atoms with van der Waals surface area (Å²) in [5, 5.41) is 11.8. The molecule has 18 heavy (non-hydrogen) atoms. The number of pyridine rings is 1. The highest BCUT2D eigenvalue weighted by atomic mass is 79.9. The second-order valence-corrected chi connectivity index (χ2v) is 4.63. The first-order valence-electron chi connectivity index (χ1n) is 5.20. The van der Waals surface area contributed by atoms with Crippen molar-refractivity contribution in [1.29, 1.82) is 5.26 Å². The Balaban J connectivity index is 2.43. The van der Waals surface area contributed by atoms with Crippen LogP contribution in [0.15, 0.2) is 34.8 Å². The van der Waals surface area contributed by atoms with Crippen molar-refractivity contribution in [3.8, 4) is 6.07 Å². The number of hydrogen-bond donors (Lipinski definition) is 1. The fourth-order valence-corrected chi connectivity index (χ4v) is 1.82. The Morgan fingerprint density at radius 2 is 2.11 bits per heavy atom. The summed E-state index contributed by atoms with van der Waals surface area (Å²) in [4.78, 5) is 4.19. The van der Waals surface area contributed by atoms with Gasteiger partial charge >= 0.3 is 0 Å². The van der Waals surface area contributed by atoms with Crippen LogP contribution in [0.3, 0.4) is 0 Å². The minimum absolute atomic E-state index is 0.277. The Bertz CT molecular complexity index is 635. The van der Waals surface area contributed by atoms with Gasteiger partial charge in [0.1, 0.15) is 17.7 Å². The van der Waals surface area contributed by atoms with Crippen molar-refractivity contribution < 1.29 is 4.39 Å². The Hall–Kier alpha value is -1.93. The Kier molecular flexibility index (Phi) is 3.58. The van der Waals surface area contributed by atoms with Crippen molar-refractivity contribution in [3.05, 3.63) is 51.9 Å². The van der Waals surface area contributed by atoms with Gasteiger partial charge in [-0.25, -0.2) is 9.37 Å². The molecule has 5 heteroatoms. The van der Waals surface area contributed by atoms with Crippen LogP contribution in [-0.2, 0) is 0 Å². The highest BCUT2D eigenvalue weighted by molar-refractivity contribution is 9.10. The van der Waals surface area contributed by atoms with Gasteiger partial charge in [-0.2, -0.15) is 5.26 Å². The average molecular weight is 306 g/mol. The molecule has 0 unspecified atom stereocenters. The molecule has 0 saturated heterocycles. The first-order valence-corrected chi connectivity index (χ1v) is 5.99. The fraction of sp³-hybridized carbons (Fsp3) is 0.0769. The summed E-state index contributed by atoms with van der Waals surface area (Å²) in [6, 6.07) is 9.95. The summed E-state index contributed by atoms with van der Waals surface area (Å²) < 4.78 is 14.3. The number of nitriles is 1. The standard InChI is InChI=1S/C13H9BrFN3/c1-8-2-3-9(7-16)13(17-8)18-12-6-10(14)4-5-11(12)15/h2-6H,1H3,(H,17,18). The second kappa shape index (κ2) is 5.15. The summed E-state index contributed by atoms with van der Waals surface area (Å²) in [7, 11) is 0. The average Bonchev–Trinajstić information content (AvgIpc) is 2.34. The molecule has 1 aromatic heterocycles. The number of hydrogen-bond acceptors (Lipinski definition) is 3. The lowest BCUT2D eigenvalue weighted by atomic mass is 10.2. The van der Waals surface area contributed by atoms with Crippen molar-refractivity contribution in [1.82, 2.24) is 4.98 Å². The van der Waals surface area contributed by atoms with E-state index < -0.39 is 5.82 Å². The number of rotatable bonds is 2. The summed E-state index contributed by atoms with van der Waals surface area (Å²) in [6.07, 6.45) is 0. The van der Waals surface area contributed by atoms with E-state index in [2.05, 4.69) is 26.2 Å². The van der Waals surface area contributed by atoms with Gasteiger partial charge in [0.15, 0.2) is 0 Å². The molecule has 3 nitrogen and oxygen atoms in total. The van der Waals surface area contributed by atoms with Crippen molar-refractivity contribution in [2.75, 3.05) is 5.32 Å². The minimum Gasteiger partial charge on any atom is -0.337 e. The fourth-order valence-electron chi connectivity index (χ4n) is 1.46. The van der Waals surface area contributed by atoms with E-state index in [1.165, 1.54) is 6.07 Å². The third-order valence-electron chi connectivity index (χ3n) is 2.34. The molecule has 0 aliphatic heterocycles. The van der Waals surface area contributed by atoms with E-state index >= 15 is 0 Å². The third-order valence-corrected chi connectivity index (χ3v) is 2.83. The maximum absolute atomic E-state index is 13.6. The number of aromatic nitrogens is 1. The number of nitrogens with one attached hydrogen (secondary N) is 1. The molecule has 0 fully saturated rings. The lowest BCUT2D eigenvalue weighted by molar-refractivity contribution is 0.631. The SMILES string of the molecule is Cc1ccc(C#N)c(Nc2cc(Br)ccc2F)n1. The van der Waals surface area contributed by atoms with Crippen molar-refractivity contribution >= 4 is 27.4 Å². The van der Waals surface area contributed by atoms with Gasteiger partial charge in [-0.15, -0.1) is 0 Å². The first kappa shape index (κ1) is 12.5. The monoisotopic (exact) mass is 305 g/mol. The van der Waals surface area contributed by atoms with E-state index in [0.29, 0.717) is 11.4 Å². The van der Waals surface area contributed by atoms with Gasteiger partial charge in [0, 0.05) is 10.2 Å². The largest absolute Gasteiger partial charge is 0.337 e. The first-order chi connectivity index (χ1) is 8.60. The van der Waals surface area contributed by atoms with E-state index in [4.69, 9.17) is 5.26 Å². The third kappa shape index (κ3) is 2.66. The molecule has 2 aromatic rings. The molecule has 90 valence electrons. The van der Waals surface area contributed by atoms with Gasteiger partial charge in [-0.05, 0) is 37.3 Å². The maximum Gasteiger partial charge on any atom is 0.148 e. The van der Waals surface area contributed by atoms with Gasteiger partial charge in [0.25, 0.3) is 0 Å². The maximum atomic E-state index is 13.6. The Labute approximate surface area is 112 Å². The van der Waals surface area contributed by atoms with Crippen LogP contribution in [0.5, 0.6) is 0 Å². The quantitative estimate of drug-likeness (QED) is 0.915. The minimum atomic E-state index is -0.398. The van der Waals surface area contributed by atoms with Gasteiger partial charge in [0.05, 0.1) is 11.3 Å². The molecule has 0 amide bonds. The lowest BCUT2D eigenvalue weighted by Crippen LogP contribution is -2.00. The topological polar surface area (TPSA) is 48.7 Å². The molecule has 2 rings (SSSR count). The zero-order valence-electron chi connectivity index (χ0n) is 9.54. The van der Waals surface area contributed by atoms with Crippen LogP contribution in [0.2, 0.25) is 0 Å². The molecular formula is C13H9BrFN3. The molecule has 0 spiro atoms. The smallest absolute Gasteiger partial charge is 0.148 e. The van der Waals surface area contributed by atoms with Crippen LogP contribution in [0, 0.1) is 24.1 Å². The number of anilines is 2. The van der Waals surface area contributed by atoms with E-state index in [9.17, 15) is 4.39 Å². The normalized spacial score (nSPS) is 9.89. The van der Waals surface area contributed by atoms with Crippen LogP contribution in [0.25, 0.3) is 0 Å². The molecule has 0 saturated carbocycles. The molecule has 1 heterocycles. The molecule has 1 aromatic carbocycles. The molecule has 0 bridgehead atoms. The van der Waals surface area contributed by atoms with Gasteiger partial charge in [0.2, 0.25) is 0 Å². The highest BCUT2D eigenvalue weighted by Gasteiger charge is 2.08. The number of nitrogens with zero attached hydrogens (tertiary/aromatic N) is 2. The second-order valence-electron chi connectivity index (χ2n) is 3.71. The zero-order chi connectivity index (χ0) is 13.1. The molecule has 0 atom stereocenters. The summed E-state index contributed by atoms with van der Waals surface area (Å²) in [5.74, 6) is -0.0418. The van der Waals surface area contributed by atoms with Gasteiger partial charge in [-0.3, -0.25) is 0 Å². The Morgan fingerprint density at radius 1 is 1.33 bits per heavy atom. The summed E-state index contributed by atoms with van der Waals surface area (Å²) in [6.45, 7) is 1.81. The van der Waals surface area contributed by atoms with Crippen molar-refractivity contribution in [2.24, 2.45) is 0 Å². The predicted octanol–water partition coefficient (Wildman–Crippen LogP) is 3.91. The Morgan fingerprint density at radius 3 is 2.83 bits per heavy atom. The van der Waals surface area contributed by atoms with E-state index in [1.807, 2.05) is 13.0 Å². The van der Waals surface area contributed by atoms with Crippen LogP contribution < -0.4 is 5.32 Å². The zero-order valence-corrected chi connectivity index (χ0v) is 11.1. The van der Waals surface area contributed by atoms with Gasteiger partial charge < -0.3 is 5.32 Å². The number of benzene rings is 1. The van der Waals surface area contributed by atoms with Crippen LogP contribution in [0.4, 0.5) is 15.9 Å². The number of halogens is 2. The predicted molar refractivity (Wildman–Crippen MR) is 71.1 cm³/mol.